The van der Waals surface area contributed by atoms with E-state index in [0.29, 0.717) is 18.1 Å². The Kier molecular flexibility index (Phi) is 4.48. The molecule has 1 aliphatic rings. The standard InChI is InChI=1S/C22H22N6O/c1-29-17-9-5-8-16(12-17)13-23-22-24-20-19-18(26-27-20)10-11-28(21(19)25-22)14-15-6-3-2-4-7-15/h2-9,12H,10-11,13-14H2,1H3,(H2,23,24,25,26,27). The second kappa shape index (κ2) is 7.43. The van der Waals surface area contributed by atoms with Crippen LogP contribution in [0.4, 0.5) is 11.8 Å². The average molecular weight is 386 g/mol. The SMILES string of the molecule is COc1cccc(CNc2nc3c4c([nH]nc4n2)CCN3Cc2ccccc2)c1. The molecule has 0 fully saturated rings. The van der Waals surface area contributed by atoms with E-state index >= 15 is 0 Å². The molecule has 0 unspecified atom stereocenters. The van der Waals surface area contributed by atoms with E-state index in [4.69, 9.17) is 9.72 Å². The van der Waals surface area contributed by atoms with Crippen LogP contribution in [0.1, 0.15) is 16.8 Å². The highest BCUT2D eigenvalue weighted by molar-refractivity contribution is 5.91. The van der Waals surface area contributed by atoms with Crippen molar-refractivity contribution < 1.29 is 4.74 Å². The lowest BCUT2D eigenvalue weighted by atomic mass is 10.1. The Bertz CT molecular complexity index is 1140. The first kappa shape index (κ1) is 17.5. The molecule has 146 valence electrons. The van der Waals surface area contributed by atoms with E-state index in [2.05, 4.69) is 49.7 Å². The Morgan fingerprint density at radius 1 is 1.07 bits per heavy atom. The monoisotopic (exact) mass is 386 g/mol. The van der Waals surface area contributed by atoms with Gasteiger partial charge in [0.05, 0.1) is 18.2 Å². The van der Waals surface area contributed by atoms with Crippen LogP contribution in [-0.4, -0.2) is 33.8 Å². The van der Waals surface area contributed by atoms with Crippen LogP contribution in [0.5, 0.6) is 5.75 Å². The van der Waals surface area contributed by atoms with Crippen molar-refractivity contribution in [2.75, 3.05) is 23.9 Å². The maximum absolute atomic E-state index is 5.30. The molecule has 0 aliphatic carbocycles. The molecule has 3 heterocycles. The average Bonchev–Trinajstić information content (AvgIpc) is 3.19. The van der Waals surface area contributed by atoms with Crippen LogP contribution in [0.25, 0.3) is 11.0 Å². The lowest BCUT2D eigenvalue weighted by molar-refractivity contribution is 0.414. The minimum atomic E-state index is 0.577. The Morgan fingerprint density at radius 3 is 2.79 bits per heavy atom. The second-order valence-corrected chi connectivity index (χ2v) is 7.13. The fourth-order valence-corrected chi connectivity index (χ4v) is 3.73. The van der Waals surface area contributed by atoms with Crippen molar-refractivity contribution >= 4 is 22.8 Å². The predicted octanol–water partition coefficient (Wildman–Crippen LogP) is 3.54. The first-order valence-corrected chi connectivity index (χ1v) is 9.71. The fraction of sp³-hybridized carbons (Fsp3) is 0.227. The van der Waals surface area contributed by atoms with Gasteiger partial charge in [0.2, 0.25) is 5.95 Å². The van der Waals surface area contributed by atoms with Gasteiger partial charge in [-0.3, -0.25) is 5.10 Å². The number of methoxy groups -OCH3 is 1. The zero-order valence-corrected chi connectivity index (χ0v) is 16.2. The summed E-state index contributed by atoms with van der Waals surface area (Å²) in [7, 11) is 1.67. The molecule has 0 amide bonds. The summed E-state index contributed by atoms with van der Waals surface area (Å²) >= 11 is 0. The molecular weight excluding hydrogens is 364 g/mol. The normalized spacial score (nSPS) is 12.9. The van der Waals surface area contributed by atoms with Gasteiger partial charge in [-0.1, -0.05) is 42.5 Å². The zero-order chi connectivity index (χ0) is 19.6. The van der Waals surface area contributed by atoms with Gasteiger partial charge in [-0.05, 0) is 23.3 Å². The Hall–Kier alpha value is -3.61. The fourth-order valence-electron chi connectivity index (χ4n) is 3.73. The number of anilines is 2. The van der Waals surface area contributed by atoms with Crippen molar-refractivity contribution in [1.29, 1.82) is 0 Å². The number of aromatic amines is 1. The van der Waals surface area contributed by atoms with Gasteiger partial charge in [0.25, 0.3) is 0 Å². The third-order valence-corrected chi connectivity index (χ3v) is 5.20. The van der Waals surface area contributed by atoms with Gasteiger partial charge in [-0.2, -0.15) is 15.1 Å². The number of hydrogen-bond donors (Lipinski definition) is 2. The molecule has 7 heteroatoms. The van der Waals surface area contributed by atoms with E-state index in [1.54, 1.807) is 7.11 Å². The maximum atomic E-state index is 5.30. The summed E-state index contributed by atoms with van der Waals surface area (Å²) in [6.07, 6.45) is 0.913. The molecule has 7 nitrogen and oxygen atoms in total. The van der Waals surface area contributed by atoms with Crippen molar-refractivity contribution in [2.45, 2.75) is 19.5 Å². The van der Waals surface area contributed by atoms with Crippen LogP contribution in [-0.2, 0) is 19.5 Å². The number of H-pyrrole nitrogens is 1. The summed E-state index contributed by atoms with van der Waals surface area (Å²) < 4.78 is 5.30. The van der Waals surface area contributed by atoms with Crippen LogP contribution < -0.4 is 15.0 Å². The van der Waals surface area contributed by atoms with Crippen LogP contribution in [0.15, 0.2) is 54.6 Å². The molecule has 1 aliphatic heterocycles. The third-order valence-electron chi connectivity index (χ3n) is 5.20. The molecular formula is C22H22N6O. The quantitative estimate of drug-likeness (QED) is 0.528. The maximum Gasteiger partial charge on any atom is 0.227 e. The van der Waals surface area contributed by atoms with Gasteiger partial charge in [-0.15, -0.1) is 0 Å². The van der Waals surface area contributed by atoms with Gasteiger partial charge in [-0.25, -0.2) is 0 Å². The summed E-state index contributed by atoms with van der Waals surface area (Å²) in [5, 5.41) is 11.9. The van der Waals surface area contributed by atoms with E-state index < -0.39 is 0 Å². The number of nitrogens with one attached hydrogen (secondary N) is 2. The predicted molar refractivity (Wildman–Crippen MR) is 113 cm³/mol. The number of rotatable bonds is 6. The summed E-state index contributed by atoms with van der Waals surface area (Å²) in [4.78, 5) is 11.8. The molecule has 0 saturated heterocycles. The number of benzene rings is 2. The highest BCUT2D eigenvalue weighted by Crippen LogP contribution is 2.32. The van der Waals surface area contributed by atoms with Gasteiger partial charge in [0, 0.05) is 26.1 Å². The molecule has 0 radical (unpaired) electrons. The van der Waals surface area contributed by atoms with Gasteiger partial charge < -0.3 is 15.0 Å². The van der Waals surface area contributed by atoms with Gasteiger partial charge >= 0.3 is 0 Å². The van der Waals surface area contributed by atoms with E-state index in [0.717, 1.165) is 47.7 Å². The topological polar surface area (TPSA) is 79.0 Å². The molecule has 2 N–H and O–H groups in total. The molecule has 2 aromatic carbocycles. The van der Waals surface area contributed by atoms with Gasteiger partial charge in [0.15, 0.2) is 5.65 Å². The van der Waals surface area contributed by atoms with E-state index in [9.17, 15) is 0 Å². The molecule has 29 heavy (non-hydrogen) atoms. The highest BCUT2D eigenvalue weighted by Gasteiger charge is 2.24. The number of hydrogen-bond acceptors (Lipinski definition) is 6. The number of aromatic nitrogens is 4. The minimum Gasteiger partial charge on any atom is -0.497 e. The Balaban J connectivity index is 1.44. The van der Waals surface area contributed by atoms with Crippen molar-refractivity contribution in [2.24, 2.45) is 0 Å². The number of ether oxygens (including phenoxy) is 1. The van der Waals surface area contributed by atoms with Crippen molar-refractivity contribution in [3.63, 3.8) is 0 Å². The van der Waals surface area contributed by atoms with Crippen molar-refractivity contribution in [3.8, 4) is 5.75 Å². The summed E-state index contributed by atoms with van der Waals surface area (Å²) in [6, 6.07) is 18.4. The molecule has 4 aromatic rings. The first-order chi connectivity index (χ1) is 14.3. The zero-order valence-electron chi connectivity index (χ0n) is 16.2. The largest absolute Gasteiger partial charge is 0.497 e. The van der Waals surface area contributed by atoms with Crippen LogP contribution >= 0.6 is 0 Å². The lowest BCUT2D eigenvalue weighted by Crippen LogP contribution is -2.29. The number of nitrogens with zero attached hydrogens (tertiary/aromatic N) is 4. The minimum absolute atomic E-state index is 0.577. The molecule has 5 rings (SSSR count). The second-order valence-electron chi connectivity index (χ2n) is 7.13. The van der Waals surface area contributed by atoms with E-state index in [1.807, 2.05) is 30.3 Å². The molecule has 2 aromatic heterocycles. The Morgan fingerprint density at radius 2 is 1.93 bits per heavy atom. The van der Waals surface area contributed by atoms with Crippen LogP contribution in [0.2, 0.25) is 0 Å². The summed E-state index contributed by atoms with van der Waals surface area (Å²) in [5.41, 5.74) is 4.18. The van der Waals surface area contributed by atoms with E-state index in [-0.39, 0.29) is 0 Å². The highest BCUT2D eigenvalue weighted by atomic mass is 16.5. The molecule has 0 spiro atoms. The van der Waals surface area contributed by atoms with Crippen molar-refractivity contribution in [3.05, 3.63) is 71.4 Å². The van der Waals surface area contributed by atoms with Crippen LogP contribution in [0, 0.1) is 0 Å². The van der Waals surface area contributed by atoms with Crippen LogP contribution in [0.3, 0.4) is 0 Å². The van der Waals surface area contributed by atoms with Gasteiger partial charge in [0.1, 0.15) is 11.6 Å². The third kappa shape index (κ3) is 3.47. The molecule has 0 bridgehead atoms. The molecule has 0 saturated carbocycles. The summed E-state index contributed by atoms with van der Waals surface area (Å²) in [5.74, 6) is 2.34. The molecule has 0 atom stereocenters. The summed E-state index contributed by atoms with van der Waals surface area (Å²) in [6.45, 7) is 2.32. The lowest BCUT2D eigenvalue weighted by Gasteiger charge is -2.28. The van der Waals surface area contributed by atoms with Crippen molar-refractivity contribution in [1.82, 2.24) is 20.2 Å². The Labute approximate surface area is 168 Å². The first-order valence-electron chi connectivity index (χ1n) is 9.71. The smallest absolute Gasteiger partial charge is 0.227 e. The van der Waals surface area contributed by atoms with E-state index in [1.165, 1.54) is 5.56 Å².